The van der Waals surface area contributed by atoms with Gasteiger partial charge in [-0.05, 0) is 55.3 Å². The van der Waals surface area contributed by atoms with Crippen molar-refractivity contribution in [3.8, 4) is 0 Å². The lowest BCUT2D eigenvalue weighted by Crippen LogP contribution is -2.70. The van der Waals surface area contributed by atoms with Crippen molar-refractivity contribution in [1.29, 1.82) is 0 Å². The van der Waals surface area contributed by atoms with Crippen LogP contribution in [0.3, 0.4) is 0 Å². The molecule has 0 bridgehead atoms. The number of benzene rings is 1. The molecule has 9 nitrogen and oxygen atoms in total. The Kier molecular flexibility index (Phi) is 9.36. The number of methoxy groups -OCH3 is 1. The smallest absolute Gasteiger partial charge is 0.358 e. The van der Waals surface area contributed by atoms with Gasteiger partial charge in [-0.25, -0.2) is 9.78 Å². The quantitative estimate of drug-likeness (QED) is 0.0664. The molecule has 2 unspecified atom stereocenters. The second kappa shape index (κ2) is 11.5. The Hall–Kier alpha value is -1.58. The van der Waals surface area contributed by atoms with E-state index < -0.39 is 47.4 Å². The molecular weight excluding hydrogens is 585 g/mol. The van der Waals surface area contributed by atoms with Crippen LogP contribution in [-0.4, -0.2) is 63.6 Å². The van der Waals surface area contributed by atoms with Gasteiger partial charge in [0, 0.05) is 0 Å². The minimum atomic E-state index is -3.96. The Bertz CT molecular complexity index is 1320. The van der Waals surface area contributed by atoms with Gasteiger partial charge in [0.05, 0.1) is 35.1 Å². The van der Waals surface area contributed by atoms with E-state index >= 15 is 0 Å². The molecule has 0 spiro atoms. The van der Waals surface area contributed by atoms with Crippen LogP contribution >= 0.6 is 32.9 Å². The normalized spacial score (nSPS) is 20.7. The zero-order valence-electron chi connectivity index (χ0n) is 22.8. The van der Waals surface area contributed by atoms with Crippen LogP contribution in [0.5, 0.6) is 0 Å². The van der Waals surface area contributed by atoms with Crippen LogP contribution in [0.1, 0.15) is 34.6 Å². The molecule has 38 heavy (non-hydrogen) atoms. The van der Waals surface area contributed by atoms with Gasteiger partial charge in [-0.15, -0.1) is 11.3 Å². The molecule has 1 radical (unpaired) electrons. The second-order valence-electron chi connectivity index (χ2n) is 10.3. The summed E-state index contributed by atoms with van der Waals surface area (Å²) in [5, 5.41) is -0.600. The summed E-state index contributed by atoms with van der Waals surface area (Å²) in [4.78, 5) is 32.7. The fraction of sp³-hybridized carbons (Fsp3) is 0.542. The summed E-state index contributed by atoms with van der Waals surface area (Å²) in [6, 6.07) is 7.79. The number of amides is 1. The van der Waals surface area contributed by atoms with Gasteiger partial charge in [0.2, 0.25) is 14.9 Å². The molecule has 14 heteroatoms. The summed E-state index contributed by atoms with van der Waals surface area (Å²) in [5.74, 6) is -2.12. The monoisotopic (exact) mass is 617 g/mol. The predicted octanol–water partition coefficient (Wildman–Crippen LogP) is 5.27. The molecule has 1 aliphatic rings. The highest BCUT2D eigenvalue weighted by Crippen LogP contribution is 2.55. The minimum Gasteiger partial charge on any atom is -0.464 e. The Morgan fingerprint density at radius 1 is 1.18 bits per heavy atom. The summed E-state index contributed by atoms with van der Waals surface area (Å²) < 4.78 is 42.1. The van der Waals surface area contributed by atoms with Crippen molar-refractivity contribution in [3.63, 3.8) is 0 Å². The molecule has 1 fully saturated rings. The molecule has 0 N–H and O–H groups in total. The van der Waals surface area contributed by atoms with Crippen molar-refractivity contribution in [1.82, 2.24) is 9.88 Å². The van der Waals surface area contributed by atoms with Crippen LogP contribution in [0.2, 0.25) is 13.1 Å². The first-order valence-corrected chi connectivity index (χ1v) is 19.0. The van der Waals surface area contributed by atoms with Crippen molar-refractivity contribution in [2.45, 2.75) is 63.0 Å². The van der Waals surface area contributed by atoms with E-state index in [9.17, 15) is 18.0 Å². The van der Waals surface area contributed by atoms with Gasteiger partial charge in [0.25, 0.3) is 0 Å². The maximum atomic E-state index is 13.9. The number of ether oxygens (including phenoxy) is 1. The van der Waals surface area contributed by atoms with E-state index in [4.69, 9.17) is 13.3 Å². The predicted molar refractivity (Wildman–Crippen MR) is 154 cm³/mol. The Balaban J connectivity index is 2.09. The SMILES string of the molecule is COC(=O)/C(=C(/C)OS(C)(=O)=O)N1C(=O)C([C@](C)(O[Si](C)C)C(C)(C)C)C1SSc1nc2ccccc2s1. The third-order valence-corrected chi connectivity index (χ3v) is 11.7. The molecule has 1 amide bonds. The summed E-state index contributed by atoms with van der Waals surface area (Å²) in [6.07, 6.45) is 0.873. The van der Waals surface area contributed by atoms with Crippen LogP contribution in [0.15, 0.2) is 40.1 Å². The van der Waals surface area contributed by atoms with E-state index in [0.29, 0.717) is 0 Å². The first kappa shape index (κ1) is 31.0. The molecule has 3 rings (SSSR count). The average Bonchev–Trinajstić information content (AvgIpc) is 3.19. The molecular formula is C24H33N2O7S4Si. The Morgan fingerprint density at radius 2 is 1.82 bits per heavy atom. The van der Waals surface area contributed by atoms with Crippen molar-refractivity contribution < 1.29 is 31.4 Å². The molecule has 1 aromatic heterocycles. The Morgan fingerprint density at radius 3 is 2.34 bits per heavy atom. The fourth-order valence-electron chi connectivity index (χ4n) is 4.17. The number of carbonyl (C=O) groups is 2. The van der Waals surface area contributed by atoms with Gasteiger partial charge in [0.1, 0.15) is 11.1 Å². The number of aromatic nitrogens is 1. The van der Waals surface area contributed by atoms with E-state index in [1.54, 1.807) is 0 Å². The number of hydrogen-bond acceptors (Lipinski definition) is 11. The fourth-order valence-corrected chi connectivity index (χ4v) is 10.1. The highest BCUT2D eigenvalue weighted by Gasteiger charge is 2.63. The van der Waals surface area contributed by atoms with Crippen LogP contribution in [0.4, 0.5) is 0 Å². The number of likely N-dealkylation sites (tertiary alicyclic amines) is 1. The van der Waals surface area contributed by atoms with E-state index in [2.05, 4.69) is 4.98 Å². The molecule has 0 aliphatic carbocycles. The number of carbonyl (C=O) groups excluding carboxylic acids is 2. The van der Waals surface area contributed by atoms with Crippen molar-refractivity contribution >= 4 is 74.2 Å². The lowest BCUT2D eigenvalue weighted by atomic mass is 9.66. The first-order valence-electron chi connectivity index (χ1n) is 11.7. The molecule has 0 saturated carbocycles. The topological polar surface area (TPSA) is 112 Å². The average molecular weight is 618 g/mol. The van der Waals surface area contributed by atoms with E-state index in [1.807, 2.05) is 65.1 Å². The molecule has 2 heterocycles. The van der Waals surface area contributed by atoms with Crippen LogP contribution < -0.4 is 0 Å². The number of rotatable bonds is 10. The van der Waals surface area contributed by atoms with Crippen molar-refractivity contribution in [2.24, 2.45) is 11.3 Å². The summed E-state index contributed by atoms with van der Waals surface area (Å²) in [5.41, 5.74) is -0.694. The second-order valence-corrected chi connectivity index (χ2v) is 17.4. The van der Waals surface area contributed by atoms with Gasteiger partial charge in [-0.3, -0.25) is 9.69 Å². The molecule has 1 aromatic carbocycles. The van der Waals surface area contributed by atoms with Gasteiger partial charge < -0.3 is 13.3 Å². The summed E-state index contributed by atoms with van der Waals surface area (Å²) >= 11 is 1.53. The van der Waals surface area contributed by atoms with Gasteiger partial charge in [-0.2, -0.15) is 8.42 Å². The lowest BCUT2D eigenvalue weighted by molar-refractivity contribution is -0.175. The lowest BCUT2D eigenvalue weighted by Gasteiger charge is -2.57. The largest absolute Gasteiger partial charge is 0.464 e. The number of allylic oxidation sites excluding steroid dienone is 1. The maximum absolute atomic E-state index is 13.9. The number of hydrogen-bond donors (Lipinski definition) is 0. The zero-order valence-corrected chi connectivity index (χ0v) is 27.1. The number of β-lactam (4-membered cyclic amide) rings is 1. The van der Waals surface area contributed by atoms with Crippen LogP contribution in [-0.2, 0) is 33.1 Å². The molecule has 209 valence electrons. The highest BCUT2D eigenvalue weighted by atomic mass is 33.1. The standard InChI is InChI=1S/C24H33N2O7S4Si/c1-14(32-37(7,29)30)18(21(28)31-6)26-19(27)17(24(5,23(2,3)4)33-38(8)9)20(26)35-36-22-25-15-12-10-11-13-16(15)34-22/h10-13,17,20H,1-9H3/b18-14+/t17?,20?,24-/m0/s1. The number of para-hydroxylation sites is 1. The molecule has 1 saturated heterocycles. The van der Waals surface area contributed by atoms with Crippen molar-refractivity contribution in [2.75, 3.05) is 13.4 Å². The maximum Gasteiger partial charge on any atom is 0.358 e. The number of nitrogens with zero attached hydrogens (tertiary/aromatic N) is 2. The van der Waals surface area contributed by atoms with Crippen molar-refractivity contribution in [3.05, 3.63) is 35.7 Å². The Labute approximate surface area is 237 Å². The van der Waals surface area contributed by atoms with Gasteiger partial charge in [-0.1, -0.05) is 43.7 Å². The zero-order chi connectivity index (χ0) is 28.6. The summed E-state index contributed by atoms with van der Waals surface area (Å²) in [7, 11) is -1.25. The molecule has 3 atom stereocenters. The number of fused-ring (bicyclic) bond motifs is 1. The third-order valence-electron chi connectivity index (χ3n) is 6.26. The highest BCUT2D eigenvalue weighted by molar-refractivity contribution is 8.77. The number of esters is 1. The van der Waals surface area contributed by atoms with E-state index in [-0.39, 0.29) is 17.4 Å². The first-order chi connectivity index (χ1) is 17.5. The third kappa shape index (κ3) is 6.41. The molecule has 1 aliphatic heterocycles. The van der Waals surface area contributed by atoms with Gasteiger partial charge >= 0.3 is 16.1 Å². The van der Waals surface area contributed by atoms with E-state index in [0.717, 1.165) is 20.8 Å². The van der Waals surface area contributed by atoms with E-state index in [1.165, 1.54) is 51.9 Å². The van der Waals surface area contributed by atoms with Crippen LogP contribution in [0.25, 0.3) is 10.2 Å². The number of thiazole rings is 1. The van der Waals surface area contributed by atoms with Crippen LogP contribution in [0, 0.1) is 11.3 Å². The molecule has 2 aromatic rings. The summed E-state index contributed by atoms with van der Waals surface area (Å²) in [6.45, 7) is 13.3. The van der Waals surface area contributed by atoms with Gasteiger partial charge in [0.15, 0.2) is 10.0 Å². The minimum absolute atomic E-state index is 0.240.